The highest BCUT2D eigenvalue weighted by Gasteiger charge is 2.28. The Labute approximate surface area is 233 Å². The number of benzene rings is 2. The average Bonchev–Trinajstić information content (AvgIpc) is 3.00. The van der Waals surface area contributed by atoms with Gasteiger partial charge in [-0.15, -0.1) is 11.8 Å². The van der Waals surface area contributed by atoms with Crippen LogP contribution in [0.15, 0.2) is 53.5 Å². The fourth-order valence-electron chi connectivity index (χ4n) is 3.97. The lowest BCUT2D eigenvalue weighted by atomic mass is 10.00. The first-order chi connectivity index (χ1) is 18.5. The number of rotatable bonds is 9. The van der Waals surface area contributed by atoms with Crippen molar-refractivity contribution in [1.82, 2.24) is 16.0 Å². The highest BCUT2D eigenvalue weighted by atomic mass is 32.2. The minimum atomic E-state index is -0.889. The number of hydrogen-bond acceptors (Lipinski definition) is 7. The number of carbonyl (C=O) groups is 3. The van der Waals surface area contributed by atoms with E-state index in [1.54, 1.807) is 39.0 Å². The summed E-state index contributed by atoms with van der Waals surface area (Å²) < 4.78 is 20.0. The number of carbonyl (C=O) groups excluding carboxylic acids is 3. The largest absolute Gasteiger partial charge is 0.444 e. The van der Waals surface area contributed by atoms with Crippen LogP contribution in [-0.2, 0) is 14.3 Å². The molecule has 3 rings (SSSR count). The summed E-state index contributed by atoms with van der Waals surface area (Å²) in [5.74, 6) is -0.404. The minimum Gasteiger partial charge on any atom is -0.444 e. The van der Waals surface area contributed by atoms with Gasteiger partial charge in [0.05, 0.1) is 24.2 Å². The van der Waals surface area contributed by atoms with Crippen molar-refractivity contribution in [3.63, 3.8) is 0 Å². The fraction of sp³-hybridized carbons (Fsp3) is 0.429. The van der Waals surface area contributed by atoms with Crippen LogP contribution in [0, 0.1) is 5.82 Å². The van der Waals surface area contributed by atoms with Crippen molar-refractivity contribution >= 4 is 41.1 Å². The molecule has 0 saturated heterocycles. The first kappa shape index (κ1) is 29.9. The van der Waals surface area contributed by atoms with E-state index in [-0.39, 0.29) is 36.0 Å². The molecule has 39 heavy (non-hydrogen) atoms. The zero-order valence-corrected chi connectivity index (χ0v) is 23.7. The van der Waals surface area contributed by atoms with Gasteiger partial charge in [-0.1, -0.05) is 30.3 Å². The van der Waals surface area contributed by atoms with Gasteiger partial charge >= 0.3 is 6.09 Å². The van der Waals surface area contributed by atoms with Gasteiger partial charge in [0.25, 0.3) is 0 Å². The quantitative estimate of drug-likeness (QED) is 0.322. The molecule has 210 valence electrons. The maximum absolute atomic E-state index is 14.7. The Bertz CT molecular complexity index is 1220. The number of nitrogens with one attached hydrogen (secondary N) is 3. The molecule has 1 aliphatic rings. The van der Waals surface area contributed by atoms with Crippen molar-refractivity contribution < 1.29 is 23.5 Å². The number of hydrogen-bond donors (Lipinski definition) is 3. The maximum atomic E-state index is 14.7. The van der Waals surface area contributed by atoms with Gasteiger partial charge in [0.1, 0.15) is 17.5 Å². The van der Waals surface area contributed by atoms with Gasteiger partial charge in [0.15, 0.2) is 0 Å². The number of aliphatic imine (C=N–C) groups is 1. The number of anilines is 1. The first-order valence-corrected chi connectivity index (χ1v) is 13.8. The van der Waals surface area contributed by atoms with E-state index in [0.717, 1.165) is 11.3 Å². The molecule has 2 aromatic rings. The van der Waals surface area contributed by atoms with Crippen LogP contribution in [0.5, 0.6) is 0 Å². The SMILES string of the molecule is CC(=O)NCSC[C@@H](NC(=O)OC(C)(C)C)C(=O)NCC1CN=C(c2ccccc2F)c2ccccc2N1C. The van der Waals surface area contributed by atoms with Gasteiger partial charge in [-0.2, -0.15) is 0 Å². The van der Waals surface area contributed by atoms with Crippen LogP contribution in [0.3, 0.4) is 0 Å². The van der Waals surface area contributed by atoms with Crippen LogP contribution < -0.4 is 20.9 Å². The van der Waals surface area contributed by atoms with Gasteiger partial charge in [-0.3, -0.25) is 14.6 Å². The minimum absolute atomic E-state index is 0.185. The zero-order valence-electron chi connectivity index (χ0n) is 22.9. The van der Waals surface area contributed by atoms with Crippen LogP contribution in [0.1, 0.15) is 38.8 Å². The van der Waals surface area contributed by atoms with E-state index in [1.165, 1.54) is 24.8 Å². The van der Waals surface area contributed by atoms with Gasteiger partial charge in [0, 0.05) is 43.1 Å². The third-order valence-corrected chi connectivity index (χ3v) is 6.82. The predicted octanol–water partition coefficient (Wildman–Crippen LogP) is 3.32. The molecule has 11 heteroatoms. The Morgan fingerprint density at radius 2 is 1.77 bits per heavy atom. The lowest BCUT2D eigenvalue weighted by Crippen LogP contribution is -2.52. The van der Waals surface area contributed by atoms with Crippen LogP contribution in [0.4, 0.5) is 14.9 Å². The summed E-state index contributed by atoms with van der Waals surface area (Å²) in [4.78, 5) is 43.6. The number of amides is 3. The molecule has 1 aliphatic heterocycles. The molecule has 0 aliphatic carbocycles. The molecule has 9 nitrogen and oxygen atoms in total. The Balaban J connectivity index is 1.75. The summed E-state index contributed by atoms with van der Waals surface area (Å²) in [5, 5.41) is 8.22. The Kier molecular flexibility index (Phi) is 10.3. The summed E-state index contributed by atoms with van der Waals surface area (Å²) in [6, 6.07) is 13.1. The third kappa shape index (κ3) is 8.71. The van der Waals surface area contributed by atoms with Crippen LogP contribution in [0.25, 0.3) is 0 Å². The standard InChI is InChI=1S/C28H36FN5O4S/c1-18(35)32-17-39-16-23(33-27(37)38-28(2,3)4)26(36)31-15-19-14-30-25(20-10-6-8-12-22(20)29)21-11-7-9-13-24(21)34(19)5/h6-13,19,23H,14-17H2,1-5H3,(H,31,36)(H,32,35)(H,33,37)/t19?,23-/m1/s1. The van der Waals surface area contributed by atoms with Crippen LogP contribution in [0.2, 0.25) is 0 Å². The van der Waals surface area contributed by atoms with Crippen LogP contribution >= 0.6 is 11.8 Å². The summed E-state index contributed by atoms with van der Waals surface area (Å²) in [5.41, 5.74) is 1.92. The van der Waals surface area contributed by atoms with E-state index in [4.69, 9.17) is 9.73 Å². The Morgan fingerprint density at radius 3 is 2.44 bits per heavy atom. The van der Waals surface area contributed by atoms with Crippen molar-refractivity contribution in [2.24, 2.45) is 4.99 Å². The van der Waals surface area contributed by atoms with Crippen molar-refractivity contribution in [3.8, 4) is 0 Å². The van der Waals surface area contributed by atoms with Gasteiger partial charge in [0.2, 0.25) is 11.8 Å². The smallest absolute Gasteiger partial charge is 0.408 e. The highest BCUT2D eigenvalue weighted by molar-refractivity contribution is 7.99. The number of halogens is 1. The lowest BCUT2D eigenvalue weighted by Gasteiger charge is -2.29. The fourth-order valence-corrected chi connectivity index (χ4v) is 4.86. The number of para-hydroxylation sites is 1. The normalized spacial score (nSPS) is 15.8. The molecule has 0 fully saturated rings. The summed E-state index contributed by atoms with van der Waals surface area (Å²) in [7, 11) is 1.91. The summed E-state index contributed by atoms with van der Waals surface area (Å²) in [6.07, 6.45) is -0.706. The van der Waals surface area contributed by atoms with Gasteiger partial charge in [-0.25, -0.2) is 9.18 Å². The molecular formula is C28H36FN5O4S. The highest BCUT2D eigenvalue weighted by Crippen LogP contribution is 2.28. The van der Waals surface area contributed by atoms with E-state index in [1.807, 2.05) is 36.2 Å². The molecule has 0 radical (unpaired) electrons. The second-order valence-corrected chi connectivity index (χ2v) is 11.2. The molecule has 2 aromatic carbocycles. The van der Waals surface area contributed by atoms with Crippen molar-refractivity contribution in [2.75, 3.05) is 36.7 Å². The zero-order chi connectivity index (χ0) is 28.6. The molecule has 2 atom stereocenters. The number of benzodiazepines with no additional fused rings is 1. The first-order valence-electron chi connectivity index (χ1n) is 12.7. The van der Waals surface area contributed by atoms with Crippen molar-refractivity contribution in [1.29, 1.82) is 0 Å². The Morgan fingerprint density at radius 1 is 1.10 bits per heavy atom. The van der Waals surface area contributed by atoms with Gasteiger partial charge in [-0.05, 0) is 39.0 Å². The molecule has 0 bridgehead atoms. The van der Waals surface area contributed by atoms with E-state index in [2.05, 4.69) is 16.0 Å². The predicted molar refractivity (Wildman–Crippen MR) is 153 cm³/mol. The molecule has 3 N–H and O–H groups in total. The molecule has 1 unspecified atom stereocenters. The average molecular weight is 558 g/mol. The van der Waals surface area contributed by atoms with E-state index in [9.17, 15) is 18.8 Å². The summed E-state index contributed by atoms with van der Waals surface area (Å²) in [6.45, 7) is 7.18. The van der Waals surface area contributed by atoms with E-state index < -0.39 is 17.7 Å². The van der Waals surface area contributed by atoms with Gasteiger partial charge < -0.3 is 25.6 Å². The molecule has 0 saturated carbocycles. The molecular weight excluding hydrogens is 521 g/mol. The molecule has 0 aromatic heterocycles. The number of thioether (sulfide) groups is 1. The molecule has 0 spiro atoms. The number of alkyl carbamates (subject to hydrolysis) is 1. The number of likely N-dealkylation sites (N-methyl/N-ethyl adjacent to an activating group) is 1. The third-order valence-electron chi connectivity index (χ3n) is 5.90. The van der Waals surface area contributed by atoms with Crippen molar-refractivity contribution in [2.45, 2.75) is 45.4 Å². The lowest BCUT2D eigenvalue weighted by molar-refractivity contribution is -0.122. The number of fused-ring (bicyclic) bond motifs is 1. The van der Waals surface area contributed by atoms with E-state index in [0.29, 0.717) is 23.7 Å². The second kappa shape index (κ2) is 13.5. The second-order valence-electron chi connectivity index (χ2n) is 10.1. The number of nitrogens with zero attached hydrogens (tertiary/aromatic N) is 2. The van der Waals surface area contributed by atoms with Crippen molar-refractivity contribution in [3.05, 3.63) is 65.5 Å². The monoisotopic (exact) mass is 557 g/mol. The van der Waals surface area contributed by atoms with E-state index >= 15 is 0 Å². The summed E-state index contributed by atoms with van der Waals surface area (Å²) >= 11 is 1.30. The number of ether oxygens (including phenoxy) is 1. The Hall–Kier alpha value is -3.60. The maximum Gasteiger partial charge on any atom is 0.408 e. The molecule has 1 heterocycles. The topological polar surface area (TPSA) is 112 Å². The molecule has 3 amide bonds. The van der Waals surface area contributed by atoms with Crippen LogP contribution in [-0.4, -0.2) is 73.1 Å².